The molecule has 2 heteroatoms. The normalized spacial score (nSPS) is 24.2. The van der Waals surface area contributed by atoms with Crippen molar-refractivity contribution in [1.29, 1.82) is 0 Å². The second-order valence-corrected chi connectivity index (χ2v) is 5.74. The van der Waals surface area contributed by atoms with Gasteiger partial charge in [0.1, 0.15) is 5.75 Å². The minimum Gasteiger partial charge on any atom is -0.493 e. The van der Waals surface area contributed by atoms with Crippen LogP contribution in [-0.2, 0) is 0 Å². The molecular weight excluding hydrogens is 222 g/mol. The van der Waals surface area contributed by atoms with Gasteiger partial charge in [-0.3, -0.25) is 0 Å². The van der Waals surface area contributed by atoms with E-state index in [9.17, 15) is 0 Å². The summed E-state index contributed by atoms with van der Waals surface area (Å²) in [6.07, 6.45) is 4.99. The average molecular weight is 245 g/mol. The Morgan fingerprint density at radius 1 is 1.33 bits per heavy atom. The topological polar surface area (TPSA) is 21.3 Å². The lowest BCUT2D eigenvalue weighted by Gasteiger charge is -2.28. The van der Waals surface area contributed by atoms with Crippen molar-refractivity contribution in [2.75, 3.05) is 6.61 Å². The van der Waals surface area contributed by atoms with Crippen molar-refractivity contribution in [3.63, 3.8) is 0 Å². The van der Waals surface area contributed by atoms with E-state index in [1.165, 1.54) is 30.4 Å². The molecule has 1 heterocycles. The van der Waals surface area contributed by atoms with Crippen LogP contribution in [0.4, 0.5) is 0 Å². The van der Waals surface area contributed by atoms with Gasteiger partial charge in [-0.2, -0.15) is 0 Å². The zero-order chi connectivity index (χ0) is 12.5. The Kier molecular flexibility index (Phi) is 3.29. The van der Waals surface area contributed by atoms with Crippen molar-refractivity contribution in [1.82, 2.24) is 5.32 Å². The molecule has 2 unspecified atom stereocenters. The zero-order valence-electron chi connectivity index (χ0n) is 11.4. The number of hydrogen-bond acceptors (Lipinski definition) is 2. The Hall–Kier alpha value is -1.02. The third kappa shape index (κ3) is 2.39. The average Bonchev–Trinajstić information content (AvgIpc) is 3.22. The number of rotatable bonds is 4. The zero-order valence-corrected chi connectivity index (χ0v) is 11.4. The molecule has 1 fully saturated rings. The molecule has 1 aliphatic carbocycles. The Balaban J connectivity index is 1.87. The molecule has 98 valence electrons. The van der Waals surface area contributed by atoms with Crippen LogP contribution in [0.5, 0.6) is 5.75 Å². The van der Waals surface area contributed by atoms with Gasteiger partial charge in [0.05, 0.1) is 6.61 Å². The van der Waals surface area contributed by atoms with Gasteiger partial charge in [0.25, 0.3) is 0 Å². The molecule has 1 aromatic rings. The summed E-state index contributed by atoms with van der Waals surface area (Å²) in [5.41, 5.74) is 2.83. The second kappa shape index (κ2) is 4.93. The molecule has 0 amide bonds. The highest BCUT2D eigenvalue weighted by Gasteiger charge is 2.29. The molecular formula is C16H23NO. The van der Waals surface area contributed by atoms with E-state index >= 15 is 0 Å². The van der Waals surface area contributed by atoms with Crippen LogP contribution in [0.25, 0.3) is 0 Å². The molecule has 18 heavy (non-hydrogen) atoms. The monoisotopic (exact) mass is 245 g/mol. The van der Waals surface area contributed by atoms with Crippen LogP contribution in [0.3, 0.4) is 0 Å². The van der Waals surface area contributed by atoms with Gasteiger partial charge < -0.3 is 10.1 Å². The number of hydrogen-bond donors (Lipinski definition) is 1. The third-order valence-electron chi connectivity index (χ3n) is 4.27. The molecule has 3 rings (SSSR count). The first kappa shape index (κ1) is 12.0. The van der Waals surface area contributed by atoms with Gasteiger partial charge in [0.15, 0.2) is 0 Å². The molecule has 2 atom stereocenters. The maximum Gasteiger partial charge on any atom is 0.124 e. The summed E-state index contributed by atoms with van der Waals surface area (Å²) in [7, 11) is 0. The Morgan fingerprint density at radius 2 is 2.17 bits per heavy atom. The summed E-state index contributed by atoms with van der Waals surface area (Å²) in [6.45, 7) is 5.40. The van der Waals surface area contributed by atoms with Crippen LogP contribution in [0.2, 0.25) is 0 Å². The standard InChI is InChI=1S/C16H23NO/c1-3-11(2)12-4-7-16-14(10-12)15(8-9-18-16)17-13-5-6-13/h4,7,10-11,13,15,17H,3,5-6,8-9H2,1-2H3. The van der Waals surface area contributed by atoms with E-state index in [2.05, 4.69) is 37.4 Å². The fraction of sp³-hybridized carbons (Fsp3) is 0.625. The second-order valence-electron chi connectivity index (χ2n) is 5.74. The summed E-state index contributed by atoms with van der Waals surface area (Å²) in [5, 5.41) is 3.75. The smallest absolute Gasteiger partial charge is 0.124 e. The molecule has 1 aliphatic heterocycles. The van der Waals surface area contributed by atoms with Crippen molar-refractivity contribution in [2.45, 2.75) is 57.5 Å². The minimum absolute atomic E-state index is 0.505. The Labute approximate surface area is 110 Å². The van der Waals surface area contributed by atoms with Gasteiger partial charge in [-0.25, -0.2) is 0 Å². The lowest BCUT2D eigenvalue weighted by atomic mass is 9.92. The summed E-state index contributed by atoms with van der Waals surface area (Å²) < 4.78 is 5.78. The van der Waals surface area contributed by atoms with Gasteiger partial charge in [-0.05, 0) is 36.8 Å². The summed E-state index contributed by atoms with van der Waals surface area (Å²) >= 11 is 0. The Morgan fingerprint density at radius 3 is 2.89 bits per heavy atom. The van der Waals surface area contributed by atoms with Crippen molar-refractivity contribution in [3.05, 3.63) is 29.3 Å². The van der Waals surface area contributed by atoms with Crippen LogP contribution >= 0.6 is 0 Å². The molecule has 2 aliphatic rings. The van der Waals surface area contributed by atoms with Gasteiger partial charge in [0.2, 0.25) is 0 Å². The highest BCUT2D eigenvalue weighted by Crippen LogP contribution is 2.36. The lowest BCUT2D eigenvalue weighted by molar-refractivity contribution is 0.252. The number of benzene rings is 1. The fourth-order valence-electron chi connectivity index (χ4n) is 2.66. The molecule has 1 N–H and O–H groups in total. The first-order chi connectivity index (χ1) is 8.78. The van der Waals surface area contributed by atoms with E-state index in [0.29, 0.717) is 12.0 Å². The molecule has 0 bridgehead atoms. The first-order valence-corrected chi connectivity index (χ1v) is 7.30. The van der Waals surface area contributed by atoms with E-state index in [1.54, 1.807) is 0 Å². The number of ether oxygens (including phenoxy) is 1. The molecule has 0 radical (unpaired) electrons. The minimum atomic E-state index is 0.505. The molecule has 0 aromatic heterocycles. The highest BCUT2D eigenvalue weighted by molar-refractivity contribution is 5.42. The van der Waals surface area contributed by atoms with Crippen LogP contribution in [0.1, 0.15) is 62.6 Å². The molecule has 0 spiro atoms. The number of nitrogens with one attached hydrogen (secondary N) is 1. The van der Waals surface area contributed by atoms with Crippen molar-refractivity contribution >= 4 is 0 Å². The maximum atomic E-state index is 5.78. The molecule has 1 saturated carbocycles. The quantitative estimate of drug-likeness (QED) is 0.871. The van der Waals surface area contributed by atoms with Crippen molar-refractivity contribution in [3.8, 4) is 5.75 Å². The number of fused-ring (bicyclic) bond motifs is 1. The Bertz CT molecular complexity index is 425. The summed E-state index contributed by atoms with van der Waals surface area (Å²) in [4.78, 5) is 0. The van der Waals surface area contributed by atoms with E-state index < -0.39 is 0 Å². The SMILES string of the molecule is CCC(C)c1ccc2c(c1)C(NC1CC1)CCO2. The van der Waals surface area contributed by atoms with E-state index in [0.717, 1.165) is 24.8 Å². The first-order valence-electron chi connectivity index (χ1n) is 7.30. The van der Waals surface area contributed by atoms with Gasteiger partial charge in [0, 0.05) is 24.1 Å². The van der Waals surface area contributed by atoms with Crippen LogP contribution < -0.4 is 10.1 Å². The van der Waals surface area contributed by atoms with E-state index in [1.807, 2.05) is 0 Å². The largest absolute Gasteiger partial charge is 0.493 e. The maximum absolute atomic E-state index is 5.78. The van der Waals surface area contributed by atoms with Crippen LogP contribution in [0.15, 0.2) is 18.2 Å². The summed E-state index contributed by atoms with van der Waals surface area (Å²) in [6, 6.07) is 8.02. The highest BCUT2D eigenvalue weighted by atomic mass is 16.5. The van der Waals surface area contributed by atoms with Gasteiger partial charge >= 0.3 is 0 Å². The molecule has 2 nitrogen and oxygen atoms in total. The van der Waals surface area contributed by atoms with E-state index in [-0.39, 0.29) is 0 Å². The van der Waals surface area contributed by atoms with Gasteiger partial charge in [-0.1, -0.05) is 26.0 Å². The van der Waals surface area contributed by atoms with Crippen LogP contribution in [-0.4, -0.2) is 12.6 Å². The van der Waals surface area contributed by atoms with Gasteiger partial charge in [-0.15, -0.1) is 0 Å². The molecule has 0 saturated heterocycles. The third-order valence-corrected chi connectivity index (χ3v) is 4.27. The van der Waals surface area contributed by atoms with Crippen molar-refractivity contribution < 1.29 is 4.74 Å². The van der Waals surface area contributed by atoms with E-state index in [4.69, 9.17) is 4.74 Å². The molecule has 1 aromatic carbocycles. The van der Waals surface area contributed by atoms with Crippen LogP contribution in [0, 0.1) is 0 Å². The fourth-order valence-corrected chi connectivity index (χ4v) is 2.66. The van der Waals surface area contributed by atoms with Crippen molar-refractivity contribution in [2.24, 2.45) is 0 Å². The predicted octanol–water partition coefficient (Wildman–Crippen LogP) is 3.78. The summed E-state index contributed by atoms with van der Waals surface area (Å²) in [5.74, 6) is 1.73. The lowest BCUT2D eigenvalue weighted by Crippen LogP contribution is -2.28. The predicted molar refractivity (Wildman–Crippen MR) is 74.2 cm³/mol.